The fraction of sp³-hybridized carbons (Fsp3) is 0.250. The average molecular weight is 516 g/mol. The van der Waals surface area contributed by atoms with Crippen molar-refractivity contribution in [2.75, 3.05) is 25.3 Å². The van der Waals surface area contributed by atoms with Gasteiger partial charge in [0.25, 0.3) is 5.91 Å². The zero-order valence-corrected chi connectivity index (χ0v) is 21.2. The molecule has 35 heavy (non-hydrogen) atoms. The molecule has 0 aliphatic rings. The lowest BCUT2D eigenvalue weighted by Crippen LogP contribution is -2.25. The number of anilines is 1. The fourth-order valence-electron chi connectivity index (χ4n) is 3.11. The van der Waals surface area contributed by atoms with Gasteiger partial charge >= 0.3 is 0 Å². The Morgan fingerprint density at radius 1 is 1.14 bits per heavy atom. The van der Waals surface area contributed by atoms with Crippen LogP contribution in [0.3, 0.4) is 0 Å². The highest BCUT2D eigenvalue weighted by atomic mass is 35.5. The van der Waals surface area contributed by atoms with Crippen LogP contribution in [0, 0.1) is 6.92 Å². The number of benzene rings is 2. The van der Waals surface area contributed by atoms with Gasteiger partial charge in [-0.1, -0.05) is 35.5 Å². The van der Waals surface area contributed by atoms with Crippen LogP contribution in [0.5, 0.6) is 11.5 Å². The third-order valence-corrected chi connectivity index (χ3v) is 6.32. The highest BCUT2D eigenvalue weighted by Gasteiger charge is 2.16. The molecule has 11 heteroatoms. The molecule has 0 aliphatic heterocycles. The van der Waals surface area contributed by atoms with E-state index in [-0.39, 0.29) is 24.1 Å². The number of aromatic nitrogens is 3. The van der Waals surface area contributed by atoms with Gasteiger partial charge in [-0.3, -0.25) is 9.59 Å². The minimum Gasteiger partial charge on any atom is -0.493 e. The van der Waals surface area contributed by atoms with Crippen molar-refractivity contribution in [1.29, 1.82) is 0 Å². The summed E-state index contributed by atoms with van der Waals surface area (Å²) in [5.41, 5.74) is 1.97. The van der Waals surface area contributed by atoms with Crippen LogP contribution in [0.15, 0.2) is 54.2 Å². The second kappa shape index (κ2) is 12.3. The Morgan fingerprint density at radius 3 is 2.60 bits per heavy atom. The SMILES string of the molecule is C=CCn1c(CNC(=O)c2ccc(OC)c(OC)c2)nnc1SCC(=O)Nc1ccc(C)c(Cl)c1. The zero-order valence-electron chi connectivity index (χ0n) is 19.6. The monoisotopic (exact) mass is 515 g/mol. The van der Waals surface area contributed by atoms with Gasteiger partial charge < -0.3 is 24.7 Å². The van der Waals surface area contributed by atoms with Crippen molar-refractivity contribution in [3.05, 3.63) is 71.0 Å². The molecular weight excluding hydrogens is 490 g/mol. The molecule has 0 saturated carbocycles. The van der Waals surface area contributed by atoms with Gasteiger partial charge in [0.2, 0.25) is 5.91 Å². The molecule has 184 valence electrons. The number of carbonyl (C=O) groups excluding carboxylic acids is 2. The van der Waals surface area contributed by atoms with Gasteiger partial charge in [-0.2, -0.15) is 0 Å². The molecule has 2 aromatic carbocycles. The first-order valence-corrected chi connectivity index (χ1v) is 11.9. The van der Waals surface area contributed by atoms with E-state index in [2.05, 4.69) is 27.4 Å². The van der Waals surface area contributed by atoms with Crippen LogP contribution < -0.4 is 20.1 Å². The molecule has 0 saturated heterocycles. The number of hydrogen-bond donors (Lipinski definition) is 2. The number of methoxy groups -OCH3 is 2. The lowest BCUT2D eigenvalue weighted by molar-refractivity contribution is -0.113. The van der Waals surface area contributed by atoms with E-state index < -0.39 is 0 Å². The lowest BCUT2D eigenvalue weighted by atomic mass is 10.2. The molecule has 0 atom stereocenters. The van der Waals surface area contributed by atoms with E-state index in [4.69, 9.17) is 21.1 Å². The molecule has 2 N–H and O–H groups in total. The second-order valence-electron chi connectivity index (χ2n) is 7.35. The van der Waals surface area contributed by atoms with Crippen molar-refractivity contribution in [2.45, 2.75) is 25.2 Å². The van der Waals surface area contributed by atoms with Gasteiger partial charge in [-0.15, -0.1) is 16.8 Å². The molecule has 9 nitrogen and oxygen atoms in total. The number of nitrogens with one attached hydrogen (secondary N) is 2. The number of aryl methyl sites for hydroxylation is 1. The fourth-order valence-corrected chi connectivity index (χ4v) is 4.05. The molecule has 1 aromatic heterocycles. The highest BCUT2D eigenvalue weighted by molar-refractivity contribution is 7.99. The van der Waals surface area contributed by atoms with Gasteiger partial charge in [0.1, 0.15) is 0 Å². The van der Waals surface area contributed by atoms with Crippen LogP contribution >= 0.6 is 23.4 Å². The van der Waals surface area contributed by atoms with E-state index in [1.165, 1.54) is 26.0 Å². The summed E-state index contributed by atoms with van der Waals surface area (Å²) in [5.74, 6) is 1.15. The van der Waals surface area contributed by atoms with E-state index in [0.29, 0.717) is 45.3 Å². The Kier molecular flexibility index (Phi) is 9.16. The lowest BCUT2D eigenvalue weighted by Gasteiger charge is -2.11. The van der Waals surface area contributed by atoms with Crippen molar-refractivity contribution in [3.63, 3.8) is 0 Å². The maximum absolute atomic E-state index is 12.6. The van der Waals surface area contributed by atoms with Crippen LogP contribution in [0.25, 0.3) is 0 Å². The number of carbonyl (C=O) groups is 2. The Morgan fingerprint density at radius 2 is 1.91 bits per heavy atom. The number of rotatable bonds is 11. The summed E-state index contributed by atoms with van der Waals surface area (Å²) in [6.45, 7) is 6.23. The standard InChI is InChI=1S/C24H26ClN5O4S/c1-5-10-30-21(13-26-23(32)16-7-9-19(33-3)20(11-16)34-4)28-29-24(30)35-14-22(31)27-17-8-6-15(2)18(25)12-17/h5-9,11-12H,1,10,13-14H2,2-4H3,(H,26,32)(H,27,31). The first-order chi connectivity index (χ1) is 16.9. The van der Waals surface area contributed by atoms with Crippen LogP contribution in [-0.2, 0) is 17.9 Å². The van der Waals surface area contributed by atoms with Gasteiger partial charge in [0.05, 0.1) is 26.5 Å². The van der Waals surface area contributed by atoms with Gasteiger partial charge in [-0.05, 0) is 42.8 Å². The molecule has 0 spiro atoms. The van der Waals surface area contributed by atoms with Gasteiger partial charge in [0, 0.05) is 22.8 Å². The molecular formula is C24H26ClN5O4S. The van der Waals surface area contributed by atoms with Crippen molar-refractivity contribution in [3.8, 4) is 11.5 Å². The highest BCUT2D eigenvalue weighted by Crippen LogP contribution is 2.27. The summed E-state index contributed by atoms with van der Waals surface area (Å²) in [6.07, 6.45) is 1.70. The quantitative estimate of drug-likeness (QED) is 0.292. The number of ether oxygens (including phenoxy) is 2. The van der Waals surface area contributed by atoms with Gasteiger partial charge in [-0.25, -0.2) is 0 Å². The number of amides is 2. The molecule has 0 radical (unpaired) electrons. The van der Waals surface area contributed by atoms with E-state index in [9.17, 15) is 9.59 Å². The van der Waals surface area contributed by atoms with E-state index in [0.717, 1.165) is 5.56 Å². The molecule has 0 unspecified atom stereocenters. The number of allylic oxidation sites excluding steroid dienone is 1. The largest absolute Gasteiger partial charge is 0.493 e. The van der Waals surface area contributed by atoms with E-state index in [1.807, 2.05) is 13.0 Å². The van der Waals surface area contributed by atoms with Gasteiger partial charge in [0.15, 0.2) is 22.5 Å². The van der Waals surface area contributed by atoms with E-state index in [1.54, 1.807) is 41.0 Å². The normalized spacial score (nSPS) is 10.5. The third-order valence-electron chi connectivity index (χ3n) is 4.95. The maximum Gasteiger partial charge on any atom is 0.251 e. The summed E-state index contributed by atoms with van der Waals surface area (Å²) in [5, 5.41) is 15.1. The molecule has 1 heterocycles. The topological polar surface area (TPSA) is 107 Å². The summed E-state index contributed by atoms with van der Waals surface area (Å²) < 4.78 is 12.3. The summed E-state index contributed by atoms with van der Waals surface area (Å²) in [7, 11) is 3.04. The minimum absolute atomic E-state index is 0.124. The first kappa shape index (κ1) is 26.1. The van der Waals surface area contributed by atoms with Crippen LogP contribution in [0.2, 0.25) is 5.02 Å². The molecule has 3 rings (SSSR count). The van der Waals surface area contributed by atoms with Crippen LogP contribution in [-0.4, -0.2) is 46.6 Å². The number of hydrogen-bond acceptors (Lipinski definition) is 7. The molecule has 3 aromatic rings. The Labute approximate surface area is 212 Å². The second-order valence-corrected chi connectivity index (χ2v) is 8.70. The Balaban J connectivity index is 1.62. The molecule has 2 amide bonds. The number of nitrogens with zero attached hydrogens (tertiary/aromatic N) is 3. The zero-order chi connectivity index (χ0) is 25.4. The van der Waals surface area contributed by atoms with Crippen molar-refractivity contribution in [1.82, 2.24) is 20.1 Å². The van der Waals surface area contributed by atoms with Crippen molar-refractivity contribution < 1.29 is 19.1 Å². The minimum atomic E-state index is -0.301. The predicted octanol–water partition coefficient (Wildman–Crippen LogP) is 4.10. The number of halogens is 1. The molecule has 0 fully saturated rings. The third kappa shape index (κ3) is 6.77. The van der Waals surface area contributed by atoms with Crippen LogP contribution in [0.4, 0.5) is 5.69 Å². The Hall–Kier alpha value is -3.50. The summed E-state index contributed by atoms with van der Waals surface area (Å²) in [6, 6.07) is 10.3. The maximum atomic E-state index is 12.6. The average Bonchev–Trinajstić information content (AvgIpc) is 3.24. The number of thioether (sulfide) groups is 1. The molecule has 0 aliphatic carbocycles. The smallest absolute Gasteiger partial charge is 0.251 e. The predicted molar refractivity (Wildman–Crippen MR) is 136 cm³/mol. The summed E-state index contributed by atoms with van der Waals surface area (Å²) >= 11 is 7.35. The summed E-state index contributed by atoms with van der Waals surface area (Å²) in [4.78, 5) is 25.0. The van der Waals surface area contributed by atoms with E-state index >= 15 is 0 Å². The van der Waals surface area contributed by atoms with Crippen molar-refractivity contribution >= 4 is 40.9 Å². The Bertz CT molecular complexity index is 1230. The molecule has 0 bridgehead atoms. The van der Waals surface area contributed by atoms with Crippen LogP contribution in [0.1, 0.15) is 21.7 Å². The van der Waals surface area contributed by atoms with Crippen molar-refractivity contribution in [2.24, 2.45) is 0 Å². The first-order valence-electron chi connectivity index (χ1n) is 10.6.